The van der Waals surface area contributed by atoms with Gasteiger partial charge < -0.3 is 11.1 Å². The third-order valence-electron chi connectivity index (χ3n) is 2.97. The zero-order chi connectivity index (χ0) is 13.8. The number of aromatic nitrogens is 1. The van der Waals surface area contributed by atoms with Crippen molar-refractivity contribution >= 4 is 39.7 Å². The Bertz CT molecular complexity index is 622. The molecule has 0 spiro atoms. The largest absolute Gasteiger partial charge is 0.393 e. The standard InChI is InChI=1S/C14H15N3OS/c1-2-9(13(15)19)14(18)17-12-7-3-6-11-10(12)5-4-8-16-11/h3-9H,2H2,1H3,(H2,15,19)(H,17,18). The molecule has 1 amide bonds. The van der Waals surface area contributed by atoms with Crippen LogP contribution in [-0.4, -0.2) is 15.9 Å². The molecule has 2 aromatic rings. The number of rotatable bonds is 4. The van der Waals surface area contributed by atoms with E-state index < -0.39 is 5.92 Å². The van der Waals surface area contributed by atoms with Crippen LogP contribution in [0.2, 0.25) is 0 Å². The van der Waals surface area contributed by atoms with Gasteiger partial charge in [0.05, 0.1) is 22.1 Å². The Morgan fingerprint density at radius 2 is 2.21 bits per heavy atom. The number of hydrogen-bond acceptors (Lipinski definition) is 3. The molecule has 1 aromatic carbocycles. The van der Waals surface area contributed by atoms with Crippen LogP contribution in [0.1, 0.15) is 13.3 Å². The Balaban J connectivity index is 2.31. The zero-order valence-corrected chi connectivity index (χ0v) is 11.4. The summed E-state index contributed by atoms with van der Waals surface area (Å²) in [7, 11) is 0. The fourth-order valence-corrected chi connectivity index (χ4v) is 2.22. The average Bonchev–Trinajstić information content (AvgIpc) is 2.39. The number of carbonyl (C=O) groups excluding carboxylic acids is 1. The van der Waals surface area contributed by atoms with Crippen molar-refractivity contribution in [3.05, 3.63) is 36.5 Å². The van der Waals surface area contributed by atoms with Crippen LogP contribution >= 0.6 is 12.2 Å². The molecule has 5 heteroatoms. The van der Waals surface area contributed by atoms with Crippen LogP contribution in [0.3, 0.4) is 0 Å². The molecule has 0 fully saturated rings. The molecule has 2 rings (SSSR count). The predicted octanol–water partition coefficient (Wildman–Crippen LogP) is 2.49. The Kier molecular flexibility index (Phi) is 4.06. The molecule has 0 saturated carbocycles. The highest BCUT2D eigenvalue weighted by molar-refractivity contribution is 7.80. The van der Waals surface area contributed by atoms with E-state index in [-0.39, 0.29) is 10.9 Å². The van der Waals surface area contributed by atoms with Gasteiger partial charge in [-0.3, -0.25) is 9.78 Å². The SMILES string of the molecule is CCC(C(=O)Nc1cccc2ncccc12)C(N)=S. The molecule has 0 aliphatic rings. The molecule has 0 aliphatic carbocycles. The minimum Gasteiger partial charge on any atom is -0.393 e. The lowest BCUT2D eigenvalue weighted by Crippen LogP contribution is -2.32. The first kappa shape index (κ1) is 13.4. The highest BCUT2D eigenvalue weighted by atomic mass is 32.1. The second-order valence-corrected chi connectivity index (χ2v) is 4.70. The van der Waals surface area contributed by atoms with Gasteiger partial charge in [-0.15, -0.1) is 0 Å². The van der Waals surface area contributed by atoms with Crippen molar-refractivity contribution in [1.82, 2.24) is 4.98 Å². The van der Waals surface area contributed by atoms with Gasteiger partial charge >= 0.3 is 0 Å². The molecular formula is C14H15N3OS. The number of amides is 1. The smallest absolute Gasteiger partial charge is 0.234 e. The van der Waals surface area contributed by atoms with Gasteiger partial charge in [0.2, 0.25) is 5.91 Å². The van der Waals surface area contributed by atoms with Crippen LogP contribution in [0.25, 0.3) is 10.9 Å². The molecule has 1 heterocycles. The van der Waals surface area contributed by atoms with E-state index in [0.29, 0.717) is 6.42 Å². The number of anilines is 1. The summed E-state index contributed by atoms with van der Waals surface area (Å²) in [4.78, 5) is 16.6. The number of nitrogens with zero attached hydrogens (tertiary/aromatic N) is 1. The van der Waals surface area contributed by atoms with E-state index in [1.807, 2.05) is 37.3 Å². The van der Waals surface area contributed by atoms with Crippen molar-refractivity contribution in [1.29, 1.82) is 0 Å². The number of carbonyl (C=O) groups is 1. The van der Waals surface area contributed by atoms with Gasteiger partial charge in [0.25, 0.3) is 0 Å². The summed E-state index contributed by atoms with van der Waals surface area (Å²) in [6.07, 6.45) is 2.31. The van der Waals surface area contributed by atoms with Gasteiger partial charge in [-0.2, -0.15) is 0 Å². The number of thiocarbonyl (C=S) groups is 1. The third kappa shape index (κ3) is 2.88. The molecule has 3 N–H and O–H groups in total. The monoisotopic (exact) mass is 273 g/mol. The van der Waals surface area contributed by atoms with Gasteiger partial charge in [-0.1, -0.05) is 25.2 Å². The molecule has 19 heavy (non-hydrogen) atoms. The summed E-state index contributed by atoms with van der Waals surface area (Å²) in [5.74, 6) is -0.617. The molecule has 0 saturated heterocycles. The lowest BCUT2D eigenvalue weighted by Gasteiger charge is -2.14. The van der Waals surface area contributed by atoms with Gasteiger partial charge in [0.1, 0.15) is 0 Å². The average molecular weight is 273 g/mol. The highest BCUT2D eigenvalue weighted by Crippen LogP contribution is 2.22. The molecule has 0 radical (unpaired) electrons. The van der Waals surface area contributed by atoms with Crippen LogP contribution in [0, 0.1) is 5.92 Å². The lowest BCUT2D eigenvalue weighted by atomic mass is 10.1. The van der Waals surface area contributed by atoms with E-state index >= 15 is 0 Å². The number of fused-ring (bicyclic) bond motifs is 1. The molecule has 98 valence electrons. The van der Waals surface area contributed by atoms with E-state index in [0.717, 1.165) is 16.6 Å². The van der Waals surface area contributed by atoms with Crippen molar-refractivity contribution in [2.24, 2.45) is 11.7 Å². The van der Waals surface area contributed by atoms with Crippen molar-refractivity contribution in [2.45, 2.75) is 13.3 Å². The molecule has 1 unspecified atom stereocenters. The number of pyridine rings is 1. The predicted molar refractivity (Wildman–Crippen MR) is 80.9 cm³/mol. The first-order valence-electron chi connectivity index (χ1n) is 6.07. The second kappa shape index (κ2) is 5.75. The van der Waals surface area contributed by atoms with E-state index in [9.17, 15) is 4.79 Å². The molecule has 1 atom stereocenters. The van der Waals surface area contributed by atoms with Gasteiger partial charge in [0, 0.05) is 11.6 Å². The highest BCUT2D eigenvalue weighted by Gasteiger charge is 2.19. The molecule has 1 aromatic heterocycles. The Morgan fingerprint density at radius 1 is 1.42 bits per heavy atom. The van der Waals surface area contributed by atoms with Crippen LogP contribution in [0.4, 0.5) is 5.69 Å². The van der Waals surface area contributed by atoms with E-state index in [2.05, 4.69) is 10.3 Å². The van der Waals surface area contributed by atoms with Crippen molar-refractivity contribution in [2.75, 3.05) is 5.32 Å². The number of benzene rings is 1. The van der Waals surface area contributed by atoms with Crippen LogP contribution in [0.5, 0.6) is 0 Å². The van der Waals surface area contributed by atoms with E-state index in [4.69, 9.17) is 18.0 Å². The van der Waals surface area contributed by atoms with Gasteiger partial charge in [-0.25, -0.2) is 0 Å². The number of hydrogen-bond donors (Lipinski definition) is 2. The normalized spacial score (nSPS) is 12.1. The van der Waals surface area contributed by atoms with Gasteiger partial charge in [0.15, 0.2) is 0 Å². The molecule has 0 aliphatic heterocycles. The van der Waals surface area contributed by atoms with Crippen LogP contribution < -0.4 is 11.1 Å². The molecule has 0 bridgehead atoms. The molecular weight excluding hydrogens is 258 g/mol. The first-order valence-corrected chi connectivity index (χ1v) is 6.48. The summed E-state index contributed by atoms with van der Waals surface area (Å²) < 4.78 is 0. The topological polar surface area (TPSA) is 68.0 Å². The summed E-state index contributed by atoms with van der Waals surface area (Å²) in [6.45, 7) is 1.88. The van der Waals surface area contributed by atoms with Crippen molar-refractivity contribution in [3.63, 3.8) is 0 Å². The summed E-state index contributed by atoms with van der Waals surface area (Å²) in [5.41, 5.74) is 7.14. The van der Waals surface area contributed by atoms with E-state index in [1.54, 1.807) is 6.20 Å². The Hall–Kier alpha value is -2.01. The first-order chi connectivity index (χ1) is 9.13. The fourth-order valence-electron chi connectivity index (χ4n) is 1.95. The minimum absolute atomic E-state index is 0.175. The van der Waals surface area contributed by atoms with Gasteiger partial charge in [-0.05, 0) is 30.7 Å². The zero-order valence-electron chi connectivity index (χ0n) is 10.6. The lowest BCUT2D eigenvalue weighted by molar-refractivity contribution is -0.118. The quantitative estimate of drug-likeness (QED) is 0.840. The Labute approximate surface area is 117 Å². The summed E-state index contributed by atoms with van der Waals surface area (Å²) >= 11 is 4.91. The van der Waals surface area contributed by atoms with Crippen molar-refractivity contribution < 1.29 is 4.79 Å². The van der Waals surface area contributed by atoms with E-state index in [1.165, 1.54) is 0 Å². The molecule has 4 nitrogen and oxygen atoms in total. The fraction of sp³-hybridized carbons (Fsp3) is 0.214. The minimum atomic E-state index is -0.443. The third-order valence-corrected chi connectivity index (χ3v) is 3.26. The maximum Gasteiger partial charge on any atom is 0.234 e. The van der Waals surface area contributed by atoms with Crippen molar-refractivity contribution in [3.8, 4) is 0 Å². The van der Waals surface area contributed by atoms with Crippen LogP contribution in [0.15, 0.2) is 36.5 Å². The maximum absolute atomic E-state index is 12.1. The number of nitrogens with two attached hydrogens (primary N) is 1. The Morgan fingerprint density at radius 3 is 2.89 bits per heavy atom. The summed E-state index contributed by atoms with van der Waals surface area (Å²) in [6, 6.07) is 9.35. The summed E-state index contributed by atoms with van der Waals surface area (Å²) in [5, 5.41) is 3.77. The maximum atomic E-state index is 12.1. The van der Waals surface area contributed by atoms with Crippen LogP contribution in [-0.2, 0) is 4.79 Å². The number of nitrogens with one attached hydrogen (secondary N) is 1. The second-order valence-electron chi connectivity index (χ2n) is 4.23.